The molecular weight excluding hydrogens is 228 g/mol. The van der Waals surface area contributed by atoms with E-state index in [0.717, 1.165) is 5.92 Å². The fourth-order valence-electron chi connectivity index (χ4n) is 3.25. The second-order valence-electron chi connectivity index (χ2n) is 5.72. The minimum Gasteiger partial charge on any atom is -0.384 e. The summed E-state index contributed by atoms with van der Waals surface area (Å²) in [6, 6.07) is 2.12. The van der Waals surface area contributed by atoms with E-state index in [-0.39, 0.29) is 0 Å². The van der Waals surface area contributed by atoms with Gasteiger partial charge in [-0.05, 0) is 55.5 Å². The van der Waals surface area contributed by atoms with Gasteiger partial charge >= 0.3 is 0 Å². The molecule has 1 saturated carbocycles. The van der Waals surface area contributed by atoms with Gasteiger partial charge in [-0.15, -0.1) is 11.3 Å². The van der Waals surface area contributed by atoms with Crippen LogP contribution in [0.5, 0.6) is 0 Å². The first-order valence-corrected chi connectivity index (χ1v) is 7.70. The lowest BCUT2D eigenvalue weighted by Gasteiger charge is -2.38. The number of rotatable bonds is 3. The Bertz CT molecular complexity index is 367. The van der Waals surface area contributed by atoms with Crippen molar-refractivity contribution in [2.45, 2.75) is 58.5 Å². The Morgan fingerprint density at radius 1 is 1.47 bits per heavy atom. The molecule has 1 fully saturated rings. The average Bonchev–Trinajstić information content (AvgIpc) is 2.76. The second-order valence-corrected chi connectivity index (χ2v) is 6.63. The molecule has 1 aliphatic carbocycles. The molecule has 0 amide bonds. The van der Waals surface area contributed by atoms with Crippen LogP contribution in [0.3, 0.4) is 0 Å². The molecular formula is C15H24OS. The van der Waals surface area contributed by atoms with E-state index in [4.69, 9.17) is 0 Å². The quantitative estimate of drug-likeness (QED) is 0.841. The largest absolute Gasteiger partial charge is 0.384 e. The number of hydrogen-bond acceptors (Lipinski definition) is 2. The van der Waals surface area contributed by atoms with Crippen molar-refractivity contribution in [3.8, 4) is 0 Å². The first-order chi connectivity index (χ1) is 8.05. The molecule has 3 atom stereocenters. The number of aliphatic hydroxyl groups is 1. The van der Waals surface area contributed by atoms with Gasteiger partial charge in [-0.2, -0.15) is 0 Å². The van der Waals surface area contributed by atoms with Crippen LogP contribution in [-0.4, -0.2) is 5.11 Å². The molecule has 3 unspecified atom stereocenters. The van der Waals surface area contributed by atoms with E-state index >= 15 is 0 Å². The lowest BCUT2D eigenvalue weighted by molar-refractivity contribution is -0.0285. The van der Waals surface area contributed by atoms with Crippen molar-refractivity contribution in [1.29, 1.82) is 0 Å². The highest BCUT2D eigenvalue weighted by Gasteiger charge is 2.38. The van der Waals surface area contributed by atoms with Crippen molar-refractivity contribution < 1.29 is 5.11 Å². The van der Waals surface area contributed by atoms with Crippen LogP contribution in [0.2, 0.25) is 0 Å². The Morgan fingerprint density at radius 3 is 2.82 bits per heavy atom. The summed E-state index contributed by atoms with van der Waals surface area (Å²) in [6.07, 6.45) is 6.27. The van der Waals surface area contributed by atoms with Crippen LogP contribution in [0.1, 0.15) is 56.4 Å². The zero-order valence-electron chi connectivity index (χ0n) is 11.2. The summed E-state index contributed by atoms with van der Waals surface area (Å²) in [4.78, 5) is 1.18. The van der Waals surface area contributed by atoms with E-state index in [1.807, 2.05) is 6.92 Å². The third-order valence-corrected chi connectivity index (χ3v) is 5.72. The molecule has 1 aliphatic rings. The Morgan fingerprint density at radius 2 is 2.24 bits per heavy atom. The Labute approximate surface area is 109 Å². The average molecular weight is 252 g/mol. The maximum Gasteiger partial charge on any atom is 0.0990 e. The molecule has 0 aromatic carbocycles. The third-order valence-electron chi connectivity index (χ3n) is 4.48. The van der Waals surface area contributed by atoms with E-state index in [9.17, 15) is 5.11 Å². The molecule has 1 heterocycles. The van der Waals surface area contributed by atoms with E-state index in [1.54, 1.807) is 11.3 Å². The maximum atomic E-state index is 10.9. The summed E-state index contributed by atoms with van der Waals surface area (Å²) in [7, 11) is 0. The molecule has 96 valence electrons. The summed E-state index contributed by atoms with van der Waals surface area (Å²) in [5, 5.41) is 13.0. The van der Waals surface area contributed by atoms with Gasteiger partial charge in [-0.1, -0.05) is 26.2 Å². The molecule has 1 aromatic rings. The van der Waals surface area contributed by atoms with Gasteiger partial charge in [0, 0.05) is 4.88 Å². The summed E-state index contributed by atoms with van der Waals surface area (Å²) < 4.78 is 0. The van der Waals surface area contributed by atoms with E-state index < -0.39 is 5.60 Å². The lowest BCUT2D eigenvalue weighted by Crippen LogP contribution is -2.35. The lowest BCUT2D eigenvalue weighted by atomic mass is 9.72. The van der Waals surface area contributed by atoms with Crippen LogP contribution < -0.4 is 0 Å². The Hall–Kier alpha value is -0.340. The summed E-state index contributed by atoms with van der Waals surface area (Å²) >= 11 is 1.71. The molecule has 2 rings (SSSR count). The van der Waals surface area contributed by atoms with Gasteiger partial charge in [0.25, 0.3) is 0 Å². The highest BCUT2D eigenvalue weighted by atomic mass is 32.1. The minimum atomic E-state index is -0.619. The Balaban J connectivity index is 2.17. The third kappa shape index (κ3) is 2.58. The van der Waals surface area contributed by atoms with Gasteiger partial charge in [-0.25, -0.2) is 0 Å². The summed E-state index contributed by atoms with van der Waals surface area (Å²) in [6.45, 7) is 6.41. The highest BCUT2D eigenvalue weighted by molar-refractivity contribution is 7.10. The molecule has 0 saturated heterocycles. The molecule has 0 radical (unpaired) electrons. The first kappa shape index (κ1) is 13.1. The predicted molar refractivity (Wildman–Crippen MR) is 74.4 cm³/mol. The topological polar surface area (TPSA) is 20.2 Å². The van der Waals surface area contributed by atoms with Crippen molar-refractivity contribution in [1.82, 2.24) is 0 Å². The number of thiophene rings is 1. The second kappa shape index (κ2) is 5.11. The van der Waals surface area contributed by atoms with Crippen LogP contribution in [-0.2, 0) is 5.60 Å². The van der Waals surface area contributed by atoms with Crippen molar-refractivity contribution in [3.63, 3.8) is 0 Å². The molecule has 0 spiro atoms. The van der Waals surface area contributed by atoms with Crippen LogP contribution in [0.15, 0.2) is 11.4 Å². The van der Waals surface area contributed by atoms with Gasteiger partial charge in [-0.3, -0.25) is 0 Å². The van der Waals surface area contributed by atoms with Crippen molar-refractivity contribution >= 4 is 11.3 Å². The van der Waals surface area contributed by atoms with Gasteiger partial charge < -0.3 is 5.11 Å². The summed E-state index contributed by atoms with van der Waals surface area (Å²) in [5.41, 5.74) is 0.630. The van der Waals surface area contributed by atoms with Crippen molar-refractivity contribution in [2.24, 2.45) is 11.8 Å². The predicted octanol–water partition coefficient (Wildman–Crippen LogP) is 4.48. The van der Waals surface area contributed by atoms with Gasteiger partial charge in [0.1, 0.15) is 0 Å². The molecule has 1 aromatic heterocycles. The van der Waals surface area contributed by atoms with Crippen LogP contribution >= 0.6 is 11.3 Å². The molecule has 2 heteroatoms. The van der Waals surface area contributed by atoms with E-state index in [1.165, 1.54) is 42.5 Å². The fourth-order valence-corrected chi connectivity index (χ4v) is 4.32. The van der Waals surface area contributed by atoms with Gasteiger partial charge in [0.2, 0.25) is 0 Å². The van der Waals surface area contributed by atoms with Crippen LogP contribution in [0.25, 0.3) is 0 Å². The van der Waals surface area contributed by atoms with Crippen molar-refractivity contribution in [3.05, 3.63) is 21.9 Å². The minimum absolute atomic E-state index is 0.443. The monoisotopic (exact) mass is 252 g/mol. The zero-order chi connectivity index (χ0) is 12.5. The smallest absolute Gasteiger partial charge is 0.0990 e. The molecule has 1 nitrogen and oxygen atoms in total. The summed E-state index contributed by atoms with van der Waals surface area (Å²) in [5.74, 6) is 1.26. The fraction of sp³-hybridized carbons (Fsp3) is 0.733. The molecule has 0 bridgehead atoms. The normalized spacial score (nSPS) is 28.9. The van der Waals surface area contributed by atoms with Crippen LogP contribution in [0.4, 0.5) is 0 Å². The zero-order valence-corrected chi connectivity index (χ0v) is 12.0. The number of hydrogen-bond donors (Lipinski definition) is 1. The Kier molecular flexibility index (Phi) is 3.94. The van der Waals surface area contributed by atoms with E-state index in [0.29, 0.717) is 5.92 Å². The highest BCUT2D eigenvalue weighted by Crippen LogP contribution is 2.44. The molecule has 0 aliphatic heterocycles. The van der Waals surface area contributed by atoms with E-state index in [2.05, 4.69) is 25.3 Å². The van der Waals surface area contributed by atoms with Gasteiger partial charge in [0.05, 0.1) is 5.60 Å². The van der Waals surface area contributed by atoms with Crippen LogP contribution in [0, 0.1) is 18.8 Å². The molecule has 1 N–H and O–H groups in total. The maximum absolute atomic E-state index is 10.9. The number of aryl methyl sites for hydroxylation is 1. The van der Waals surface area contributed by atoms with Crippen molar-refractivity contribution in [2.75, 3.05) is 0 Å². The standard InChI is InChI=1S/C15H24OS/c1-4-12-6-5-7-13(10-12)15(3,16)14-11(2)8-9-17-14/h8-9,12-13,16H,4-7,10H2,1-3H3. The SMILES string of the molecule is CCC1CCCC(C(C)(O)c2sccc2C)C1. The van der Waals surface area contributed by atoms with Gasteiger partial charge in [0.15, 0.2) is 0 Å². The molecule has 17 heavy (non-hydrogen) atoms. The first-order valence-electron chi connectivity index (χ1n) is 6.82.